The summed E-state index contributed by atoms with van der Waals surface area (Å²) in [4.78, 5) is 30.4. The molecule has 2 fully saturated rings. The minimum atomic E-state index is 0.0880. The first-order valence-electron chi connectivity index (χ1n) is 10.1. The summed E-state index contributed by atoms with van der Waals surface area (Å²) >= 11 is 0. The molecule has 2 saturated heterocycles. The van der Waals surface area contributed by atoms with E-state index in [1.807, 2.05) is 60.4 Å². The van der Waals surface area contributed by atoms with Gasteiger partial charge in [0.15, 0.2) is 0 Å². The standard InChI is InChI=1S/C21H28N6O2/c1-24(2)18-5-3-4-17(16-18)20(28)26-10-8-25(9-11-26)19-6-7-22-21(23-19)27-12-14-29-15-13-27/h3-7,16H,8-15H2,1-2H3. The number of rotatable bonds is 4. The van der Waals surface area contributed by atoms with E-state index in [0.717, 1.165) is 49.2 Å². The number of ether oxygens (including phenoxy) is 1. The van der Waals surface area contributed by atoms with Crippen LogP contribution in [-0.2, 0) is 4.74 Å². The van der Waals surface area contributed by atoms with E-state index in [1.165, 1.54) is 0 Å². The second-order valence-electron chi connectivity index (χ2n) is 7.54. The lowest BCUT2D eigenvalue weighted by Crippen LogP contribution is -2.49. The molecule has 29 heavy (non-hydrogen) atoms. The minimum Gasteiger partial charge on any atom is -0.378 e. The van der Waals surface area contributed by atoms with E-state index in [0.29, 0.717) is 26.3 Å². The first kappa shape index (κ1) is 19.4. The van der Waals surface area contributed by atoms with Gasteiger partial charge >= 0.3 is 0 Å². The number of carbonyl (C=O) groups is 1. The molecule has 1 amide bonds. The van der Waals surface area contributed by atoms with Crippen LogP contribution in [0.15, 0.2) is 36.5 Å². The molecule has 0 saturated carbocycles. The van der Waals surface area contributed by atoms with Gasteiger partial charge in [-0.05, 0) is 24.3 Å². The maximum absolute atomic E-state index is 12.9. The lowest BCUT2D eigenvalue weighted by atomic mass is 10.1. The number of carbonyl (C=O) groups excluding carboxylic acids is 1. The molecule has 0 bridgehead atoms. The van der Waals surface area contributed by atoms with Gasteiger partial charge in [-0.25, -0.2) is 4.98 Å². The summed E-state index contributed by atoms with van der Waals surface area (Å²) in [6.07, 6.45) is 1.82. The number of nitrogens with zero attached hydrogens (tertiary/aromatic N) is 6. The van der Waals surface area contributed by atoms with Crippen molar-refractivity contribution in [3.8, 4) is 0 Å². The maximum Gasteiger partial charge on any atom is 0.254 e. The van der Waals surface area contributed by atoms with Gasteiger partial charge in [-0.1, -0.05) is 6.07 Å². The summed E-state index contributed by atoms with van der Waals surface area (Å²) in [5.41, 5.74) is 1.77. The van der Waals surface area contributed by atoms with Crippen LogP contribution in [0.4, 0.5) is 17.5 Å². The molecule has 0 aliphatic carbocycles. The molecule has 0 N–H and O–H groups in total. The lowest BCUT2D eigenvalue weighted by molar-refractivity contribution is 0.0746. The fraction of sp³-hybridized carbons (Fsp3) is 0.476. The van der Waals surface area contributed by atoms with Crippen molar-refractivity contribution in [2.45, 2.75) is 0 Å². The molecule has 1 aromatic heterocycles. The van der Waals surface area contributed by atoms with Crippen molar-refractivity contribution in [1.29, 1.82) is 0 Å². The number of hydrogen-bond donors (Lipinski definition) is 0. The largest absolute Gasteiger partial charge is 0.378 e. The minimum absolute atomic E-state index is 0.0880. The SMILES string of the molecule is CN(C)c1cccc(C(=O)N2CCN(c3ccnc(N4CCOCC4)n3)CC2)c1. The van der Waals surface area contributed by atoms with Gasteiger partial charge in [0.05, 0.1) is 13.2 Å². The highest BCUT2D eigenvalue weighted by atomic mass is 16.5. The third kappa shape index (κ3) is 4.42. The summed E-state index contributed by atoms with van der Waals surface area (Å²) in [7, 11) is 3.96. The van der Waals surface area contributed by atoms with Crippen LogP contribution in [0.2, 0.25) is 0 Å². The molecule has 2 aromatic rings. The van der Waals surface area contributed by atoms with Crippen molar-refractivity contribution in [1.82, 2.24) is 14.9 Å². The monoisotopic (exact) mass is 396 g/mol. The Balaban J connectivity index is 1.39. The molecule has 4 rings (SSSR count). The number of aromatic nitrogens is 2. The smallest absolute Gasteiger partial charge is 0.254 e. The van der Waals surface area contributed by atoms with E-state index in [1.54, 1.807) is 0 Å². The Kier molecular flexibility index (Phi) is 5.80. The average Bonchev–Trinajstić information content (AvgIpc) is 2.79. The third-order valence-corrected chi connectivity index (χ3v) is 5.42. The van der Waals surface area contributed by atoms with Crippen LogP contribution in [0, 0.1) is 0 Å². The van der Waals surface area contributed by atoms with Gasteiger partial charge in [0.1, 0.15) is 5.82 Å². The van der Waals surface area contributed by atoms with E-state index in [2.05, 4.69) is 14.8 Å². The zero-order valence-corrected chi connectivity index (χ0v) is 17.1. The van der Waals surface area contributed by atoms with Gasteiger partial charge in [-0.3, -0.25) is 4.79 Å². The number of morpholine rings is 1. The molecule has 0 radical (unpaired) electrons. The summed E-state index contributed by atoms with van der Waals surface area (Å²) < 4.78 is 5.41. The first-order valence-corrected chi connectivity index (χ1v) is 10.1. The predicted octanol–water partition coefficient (Wildman–Crippen LogP) is 1.34. The van der Waals surface area contributed by atoms with Crippen LogP contribution in [0.5, 0.6) is 0 Å². The maximum atomic E-state index is 12.9. The zero-order chi connectivity index (χ0) is 20.2. The molecule has 1 aromatic carbocycles. The molecule has 2 aliphatic rings. The Bertz CT molecular complexity index is 845. The molecule has 8 heteroatoms. The summed E-state index contributed by atoms with van der Waals surface area (Å²) in [6, 6.07) is 9.74. The second kappa shape index (κ2) is 8.65. The highest BCUT2D eigenvalue weighted by Crippen LogP contribution is 2.20. The number of benzene rings is 1. The van der Waals surface area contributed by atoms with Crippen LogP contribution in [0.1, 0.15) is 10.4 Å². The molecule has 3 heterocycles. The van der Waals surface area contributed by atoms with Crippen molar-refractivity contribution < 1.29 is 9.53 Å². The fourth-order valence-electron chi connectivity index (χ4n) is 3.67. The number of piperazine rings is 1. The lowest BCUT2D eigenvalue weighted by Gasteiger charge is -2.36. The van der Waals surface area contributed by atoms with Crippen LogP contribution >= 0.6 is 0 Å². The van der Waals surface area contributed by atoms with E-state index in [9.17, 15) is 4.79 Å². The fourth-order valence-corrected chi connectivity index (χ4v) is 3.67. The van der Waals surface area contributed by atoms with Crippen molar-refractivity contribution in [2.75, 3.05) is 81.3 Å². The quantitative estimate of drug-likeness (QED) is 0.773. The van der Waals surface area contributed by atoms with E-state index in [-0.39, 0.29) is 5.91 Å². The van der Waals surface area contributed by atoms with Gasteiger partial charge in [-0.15, -0.1) is 0 Å². The molecular weight excluding hydrogens is 368 g/mol. The first-order chi connectivity index (χ1) is 14.1. The van der Waals surface area contributed by atoms with E-state index in [4.69, 9.17) is 9.72 Å². The van der Waals surface area contributed by atoms with Gasteiger partial charge in [-0.2, -0.15) is 4.98 Å². The van der Waals surface area contributed by atoms with Crippen molar-refractivity contribution in [2.24, 2.45) is 0 Å². The van der Waals surface area contributed by atoms with Crippen molar-refractivity contribution in [3.05, 3.63) is 42.1 Å². The molecule has 8 nitrogen and oxygen atoms in total. The van der Waals surface area contributed by atoms with Crippen LogP contribution in [0.25, 0.3) is 0 Å². The van der Waals surface area contributed by atoms with Gasteiger partial charge < -0.3 is 24.3 Å². The Morgan fingerprint density at radius 3 is 2.48 bits per heavy atom. The molecule has 2 aliphatic heterocycles. The second-order valence-corrected chi connectivity index (χ2v) is 7.54. The summed E-state index contributed by atoms with van der Waals surface area (Å²) in [6.45, 7) is 5.95. The van der Waals surface area contributed by atoms with Crippen molar-refractivity contribution in [3.63, 3.8) is 0 Å². The van der Waals surface area contributed by atoms with E-state index >= 15 is 0 Å². The number of amides is 1. The van der Waals surface area contributed by atoms with Crippen LogP contribution in [-0.4, -0.2) is 87.4 Å². The molecule has 0 spiro atoms. The molecule has 154 valence electrons. The van der Waals surface area contributed by atoms with E-state index < -0.39 is 0 Å². The third-order valence-electron chi connectivity index (χ3n) is 5.42. The Morgan fingerprint density at radius 1 is 1.00 bits per heavy atom. The van der Waals surface area contributed by atoms with Crippen LogP contribution < -0.4 is 14.7 Å². The van der Waals surface area contributed by atoms with Gasteiger partial charge in [0.25, 0.3) is 5.91 Å². The number of hydrogen-bond acceptors (Lipinski definition) is 7. The van der Waals surface area contributed by atoms with Gasteiger partial charge in [0.2, 0.25) is 5.95 Å². The Hall–Kier alpha value is -2.87. The van der Waals surface area contributed by atoms with Crippen molar-refractivity contribution >= 4 is 23.4 Å². The Morgan fingerprint density at radius 2 is 1.76 bits per heavy atom. The number of anilines is 3. The highest BCUT2D eigenvalue weighted by molar-refractivity contribution is 5.95. The summed E-state index contributed by atoms with van der Waals surface area (Å²) in [5, 5.41) is 0. The zero-order valence-electron chi connectivity index (χ0n) is 17.1. The predicted molar refractivity (Wildman–Crippen MR) is 114 cm³/mol. The van der Waals surface area contributed by atoms with Crippen LogP contribution in [0.3, 0.4) is 0 Å². The Labute approximate surface area is 171 Å². The topological polar surface area (TPSA) is 65.0 Å². The summed E-state index contributed by atoms with van der Waals surface area (Å²) in [5.74, 6) is 1.76. The molecule has 0 atom stereocenters. The molecule has 0 unspecified atom stereocenters. The highest BCUT2D eigenvalue weighted by Gasteiger charge is 2.24. The van der Waals surface area contributed by atoms with Gasteiger partial charge in [0, 0.05) is 70.8 Å². The molecular formula is C21H28N6O2. The average molecular weight is 396 g/mol. The normalized spacial score (nSPS) is 17.4.